The zero-order chi connectivity index (χ0) is 12.8. The van der Waals surface area contributed by atoms with Gasteiger partial charge in [-0.25, -0.2) is 0 Å². The molecule has 5 heteroatoms. The van der Waals surface area contributed by atoms with E-state index in [2.05, 4.69) is 22.1 Å². The van der Waals surface area contributed by atoms with Gasteiger partial charge in [0.1, 0.15) is 5.75 Å². The second-order valence-electron chi connectivity index (χ2n) is 3.38. The lowest BCUT2D eigenvalue weighted by Crippen LogP contribution is -2.06. The van der Waals surface area contributed by atoms with Crippen molar-refractivity contribution in [2.45, 2.75) is 0 Å². The van der Waals surface area contributed by atoms with Crippen LogP contribution in [0.25, 0.3) is 0 Å². The SMILES string of the molecule is C=CC(=O)Nc1ccc(Oc2cccnn2)cc1. The average molecular weight is 241 g/mol. The minimum Gasteiger partial charge on any atom is -0.438 e. The van der Waals surface area contributed by atoms with E-state index in [4.69, 9.17) is 4.74 Å². The van der Waals surface area contributed by atoms with Crippen molar-refractivity contribution in [3.05, 3.63) is 55.3 Å². The van der Waals surface area contributed by atoms with Crippen molar-refractivity contribution in [2.75, 3.05) is 5.32 Å². The van der Waals surface area contributed by atoms with Crippen molar-refractivity contribution >= 4 is 11.6 Å². The molecule has 2 aromatic rings. The number of amides is 1. The molecule has 0 spiro atoms. The van der Waals surface area contributed by atoms with Gasteiger partial charge in [-0.15, -0.1) is 5.10 Å². The summed E-state index contributed by atoms with van der Waals surface area (Å²) in [6, 6.07) is 10.4. The Hall–Kier alpha value is -2.69. The van der Waals surface area contributed by atoms with Crippen LogP contribution in [0.15, 0.2) is 55.3 Å². The summed E-state index contributed by atoms with van der Waals surface area (Å²) in [4.78, 5) is 11.1. The maximum Gasteiger partial charge on any atom is 0.247 e. The molecule has 90 valence electrons. The van der Waals surface area contributed by atoms with E-state index in [9.17, 15) is 4.79 Å². The van der Waals surface area contributed by atoms with Crippen molar-refractivity contribution in [1.82, 2.24) is 10.2 Å². The summed E-state index contributed by atoms with van der Waals surface area (Å²) in [5.74, 6) is 0.782. The third-order valence-electron chi connectivity index (χ3n) is 2.08. The molecule has 0 aliphatic carbocycles. The molecule has 1 heterocycles. The first-order chi connectivity index (χ1) is 8.78. The van der Waals surface area contributed by atoms with E-state index in [-0.39, 0.29) is 5.91 Å². The summed E-state index contributed by atoms with van der Waals surface area (Å²) in [7, 11) is 0. The summed E-state index contributed by atoms with van der Waals surface area (Å²) in [5, 5.41) is 10.2. The normalized spacial score (nSPS) is 9.56. The van der Waals surface area contributed by atoms with Gasteiger partial charge in [0.15, 0.2) is 0 Å². The Labute approximate surface area is 104 Å². The monoisotopic (exact) mass is 241 g/mol. The standard InChI is InChI=1S/C13H11N3O2/c1-2-12(17)15-10-5-7-11(8-6-10)18-13-4-3-9-14-16-13/h2-9H,1H2,(H,15,17). The number of hydrogen-bond acceptors (Lipinski definition) is 4. The summed E-state index contributed by atoms with van der Waals surface area (Å²) < 4.78 is 5.46. The molecule has 18 heavy (non-hydrogen) atoms. The first-order valence-electron chi connectivity index (χ1n) is 5.27. The molecule has 0 aliphatic heterocycles. The number of carbonyl (C=O) groups excluding carboxylic acids is 1. The van der Waals surface area contributed by atoms with Crippen LogP contribution in [-0.4, -0.2) is 16.1 Å². The van der Waals surface area contributed by atoms with E-state index in [1.165, 1.54) is 6.08 Å². The highest BCUT2D eigenvalue weighted by Gasteiger charge is 2.00. The number of rotatable bonds is 4. The number of hydrogen-bond donors (Lipinski definition) is 1. The van der Waals surface area contributed by atoms with Gasteiger partial charge in [-0.2, -0.15) is 5.10 Å². The van der Waals surface area contributed by atoms with Gasteiger partial charge in [0.25, 0.3) is 0 Å². The minimum absolute atomic E-state index is 0.252. The predicted molar refractivity (Wildman–Crippen MR) is 67.4 cm³/mol. The highest BCUT2D eigenvalue weighted by atomic mass is 16.5. The van der Waals surface area contributed by atoms with E-state index < -0.39 is 0 Å². The fourth-order valence-electron chi connectivity index (χ4n) is 1.26. The van der Waals surface area contributed by atoms with Gasteiger partial charge in [0.2, 0.25) is 11.8 Å². The van der Waals surface area contributed by atoms with Crippen molar-refractivity contribution in [2.24, 2.45) is 0 Å². The van der Waals surface area contributed by atoms with Crippen molar-refractivity contribution in [3.8, 4) is 11.6 Å². The Morgan fingerprint density at radius 3 is 2.67 bits per heavy atom. The molecule has 0 radical (unpaired) electrons. The lowest BCUT2D eigenvalue weighted by molar-refractivity contribution is -0.111. The molecule has 0 saturated carbocycles. The largest absolute Gasteiger partial charge is 0.438 e. The molecule has 0 aliphatic rings. The van der Waals surface area contributed by atoms with Crippen LogP contribution in [-0.2, 0) is 4.79 Å². The Bertz CT molecular complexity index is 538. The second-order valence-corrected chi connectivity index (χ2v) is 3.38. The molecule has 1 amide bonds. The molecule has 0 bridgehead atoms. The van der Waals surface area contributed by atoms with Crippen LogP contribution in [0.2, 0.25) is 0 Å². The molecule has 1 aromatic carbocycles. The van der Waals surface area contributed by atoms with Crippen LogP contribution in [0.4, 0.5) is 5.69 Å². The van der Waals surface area contributed by atoms with E-state index in [0.717, 1.165) is 0 Å². The fourth-order valence-corrected chi connectivity index (χ4v) is 1.26. The van der Waals surface area contributed by atoms with Gasteiger partial charge in [0, 0.05) is 18.0 Å². The first kappa shape index (κ1) is 11.8. The number of carbonyl (C=O) groups is 1. The molecular weight excluding hydrogens is 230 g/mol. The van der Waals surface area contributed by atoms with Crippen LogP contribution in [0, 0.1) is 0 Å². The molecule has 5 nitrogen and oxygen atoms in total. The van der Waals surface area contributed by atoms with Crippen LogP contribution >= 0.6 is 0 Å². The molecular formula is C13H11N3O2. The lowest BCUT2D eigenvalue weighted by atomic mass is 10.3. The Kier molecular flexibility index (Phi) is 3.66. The molecule has 0 fully saturated rings. The van der Waals surface area contributed by atoms with Crippen molar-refractivity contribution in [1.29, 1.82) is 0 Å². The quantitative estimate of drug-likeness (QED) is 0.835. The highest BCUT2D eigenvalue weighted by Crippen LogP contribution is 2.20. The minimum atomic E-state index is -0.252. The van der Waals surface area contributed by atoms with Gasteiger partial charge in [-0.3, -0.25) is 4.79 Å². The van der Waals surface area contributed by atoms with Crippen LogP contribution in [0.1, 0.15) is 0 Å². The topological polar surface area (TPSA) is 64.1 Å². The third-order valence-corrected chi connectivity index (χ3v) is 2.08. The maximum absolute atomic E-state index is 11.1. The first-order valence-corrected chi connectivity index (χ1v) is 5.27. The Morgan fingerprint density at radius 1 is 1.28 bits per heavy atom. The number of benzene rings is 1. The van der Waals surface area contributed by atoms with E-state index in [1.807, 2.05) is 0 Å². The Balaban J connectivity index is 2.04. The zero-order valence-corrected chi connectivity index (χ0v) is 9.54. The molecule has 0 unspecified atom stereocenters. The molecule has 0 saturated heterocycles. The summed E-state index contributed by atoms with van der Waals surface area (Å²) in [5.41, 5.74) is 0.673. The number of aromatic nitrogens is 2. The van der Waals surface area contributed by atoms with Gasteiger partial charge in [0.05, 0.1) is 0 Å². The van der Waals surface area contributed by atoms with E-state index in [1.54, 1.807) is 42.6 Å². The maximum atomic E-state index is 11.1. The van der Waals surface area contributed by atoms with E-state index >= 15 is 0 Å². The van der Waals surface area contributed by atoms with Gasteiger partial charge < -0.3 is 10.1 Å². The second kappa shape index (κ2) is 5.58. The number of nitrogens with one attached hydrogen (secondary N) is 1. The summed E-state index contributed by atoms with van der Waals surface area (Å²) in [6.07, 6.45) is 2.78. The molecule has 1 aromatic heterocycles. The third kappa shape index (κ3) is 3.15. The summed E-state index contributed by atoms with van der Waals surface area (Å²) >= 11 is 0. The fraction of sp³-hybridized carbons (Fsp3) is 0. The number of ether oxygens (including phenoxy) is 1. The number of nitrogens with zero attached hydrogens (tertiary/aromatic N) is 2. The van der Waals surface area contributed by atoms with E-state index in [0.29, 0.717) is 17.3 Å². The van der Waals surface area contributed by atoms with Gasteiger partial charge in [-0.05, 0) is 36.4 Å². The number of anilines is 1. The van der Waals surface area contributed by atoms with Gasteiger partial charge in [-0.1, -0.05) is 6.58 Å². The summed E-state index contributed by atoms with van der Waals surface area (Å²) in [6.45, 7) is 3.38. The van der Waals surface area contributed by atoms with Crippen LogP contribution in [0.3, 0.4) is 0 Å². The van der Waals surface area contributed by atoms with Gasteiger partial charge >= 0.3 is 0 Å². The molecule has 1 N–H and O–H groups in total. The average Bonchev–Trinajstić information content (AvgIpc) is 2.42. The van der Waals surface area contributed by atoms with Crippen LogP contribution < -0.4 is 10.1 Å². The lowest BCUT2D eigenvalue weighted by Gasteiger charge is -2.05. The van der Waals surface area contributed by atoms with Crippen LogP contribution in [0.5, 0.6) is 11.6 Å². The molecule has 2 rings (SSSR count). The Morgan fingerprint density at radius 2 is 2.06 bits per heavy atom. The smallest absolute Gasteiger partial charge is 0.247 e. The van der Waals surface area contributed by atoms with Crippen molar-refractivity contribution in [3.63, 3.8) is 0 Å². The molecule has 0 atom stereocenters. The predicted octanol–water partition coefficient (Wildman–Crippen LogP) is 2.39. The zero-order valence-electron chi connectivity index (χ0n) is 9.54. The highest BCUT2D eigenvalue weighted by molar-refractivity contribution is 5.98. The van der Waals surface area contributed by atoms with Crippen molar-refractivity contribution < 1.29 is 9.53 Å².